The number of nitrogens with one attached hydrogen (secondary N) is 2. The van der Waals surface area contributed by atoms with Crippen molar-refractivity contribution in [1.29, 1.82) is 0 Å². The number of halogens is 3. The molecule has 1 aliphatic carbocycles. The third kappa shape index (κ3) is 5.48. The summed E-state index contributed by atoms with van der Waals surface area (Å²) in [5.74, 6) is -1.47. The van der Waals surface area contributed by atoms with E-state index in [1.807, 2.05) is 0 Å². The quantitative estimate of drug-likeness (QED) is 0.441. The summed E-state index contributed by atoms with van der Waals surface area (Å²) in [5, 5.41) is 10.2. The molecule has 5 rings (SSSR count). The van der Waals surface area contributed by atoms with Crippen molar-refractivity contribution < 1.29 is 40.7 Å². The molecule has 0 radical (unpaired) electrons. The number of carbonyl (C=O) groups excluding carboxylic acids is 2. The monoisotopic (exact) mass is 578 g/mol. The maximum absolute atomic E-state index is 13.6. The van der Waals surface area contributed by atoms with Crippen LogP contribution in [0.25, 0.3) is 5.69 Å². The zero-order chi connectivity index (χ0) is 28.9. The molecule has 2 amide bonds. The number of methoxy groups -OCH3 is 1. The summed E-state index contributed by atoms with van der Waals surface area (Å²) in [5.41, 5.74) is 1.59. The van der Waals surface area contributed by atoms with Gasteiger partial charge >= 0.3 is 6.18 Å². The van der Waals surface area contributed by atoms with E-state index in [-0.39, 0.29) is 23.6 Å². The number of alkyl halides is 3. The van der Waals surface area contributed by atoms with Crippen molar-refractivity contribution in [3.8, 4) is 17.2 Å². The number of aromatic nitrogens is 2. The summed E-state index contributed by atoms with van der Waals surface area (Å²) in [4.78, 5) is 26.2. The highest BCUT2D eigenvalue weighted by molar-refractivity contribution is 7.91. The average Bonchev–Trinajstić information content (AvgIpc) is 3.39. The van der Waals surface area contributed by atoms with Crippen LogP contribution >= 0.6 is 0 Å². The predicted octanol–water partition coefficient (Wildman–Crippen LogP) is 2.93. The molecule has 2 aromatic carbocycles. The van der Waals surface area contributed by atoms with Crippen molar-refractivity contribution >= 4 is 27.5 Å². The van der Waals surface area contributed by atoms with Crippen LogP contribution in [0, 0.1) is 0 Å². The molecule has 0 saturated heterocycles. The number of aryl methyl sites for hydroxylation is 1. The fourth-order valence-electron chi connectivity index (χ4n) is 5.16. The smallest absolute Gasteiger partial charge is 0.422 e. The molecular formula is C26H25F3N4O6S. The van der Waals surface area contributed by atoms with Crippen molar-refractivity contribution in [2.24, 2.45) is 0 Å². The largest absolute Gasteiger partial charge is 0.497 e. The van der Waals surface area contributed by atoms with Crippen LogP contribution in [0.5, 0.6) is 11.5 Å². The molecule has 1 aromatic heterocycles. The van der Waals surface area contributed by atoms with E-state index < -0.39 is 45.7 Å². The molecule has 0 saturated carbocycles. The highest BCUT2D eigenvalue weighted by Crippen LogP contribution is 2.44. The van der Waals surface area contributed by atoms with Crippen LogP contribution in [0.15, 0.2) is 42.5 Å². The molecule has 40 heavy (non-hydrogen) atoms. The van der Waals surface area contributed by atoms with Gasteiger partial charge in [-0.15, -0.1) is 0 Å². The van der Waals surface area contributed by atoms with Crippen molar-refractivity contribution in [2.75, 3.05) is 31.0 Å². The lowest BCUT2D eigenvalue weighted by molar-refractivity contribution is -0.153. The Hall–Kier alpha value is -4.07. The molecule has 0 unspecified atom stereocenters. The first-order valence-electron chi connectivity index (χ1n) is 12.2. The molecule has 0 fully saturated rings. The Bertz CT molecular complexity index is 1600. The molecule has 1 atom stereocenters. The van der Waals surface area contributed by atoms with E-state index in [0.29, 0.717) is 30.0 Å². The first-order chi connectivity index (χ1) is 18.8. The Morgan fingerprint density at radius 2 is 1.88 bits per heavy atom. The van der Waals surface area contributed by atoms with Gasteiger partial charge < -0.3 is 20.1 Å². The summed E-state index contributed by atoms with van der Waals surface area (Å²) in [7, 11) is -2.14. The Balaban J connectivity index is 1.52. The molecule has 10 nitrogen and oxygen atoms in total. The Kier molecular flexibility index (Phi) is 6.76. The molecule has 2 heterocycles. The Morgan fingerprint density at radius 3 is 2.52 bits per heavy atom. The Morgan fingerprint density at radius 1 is 1.18 bits per heavy atom. The van der Waals surface area contributed by atoms with Gasteiger partial charge in [0.05, 0.1) is 24.0 Å². The molecular weight excluding hydrogens is 553 g/mol. The van der Waals surface area contributed by atoms with Gasteiger partial charge in [-0.2, -0.15) is 18.3 Å². The topological polar surface area (TPSA) is 129 Å². The van der Waals surface area contributed by atoms with Gasteiger partial charge in [0.1, 0.15) is 28.6 Å². The molecule has 1 aliphatic heterocycles. The summed E-state index contributed by atoms with van der Waals surface area (Å²) >= 11 is 0. The van der Waals surface area contributed by atoms with Gasteiger partial charge in [0, 0.05) is 12.7 Å². The summed E-state index contributed by atoms with van der Waals surface area (Å²) < 4.78 is 72.7. The molecule has 212 valence electrons. The first-order valence-corrected chi connectivity index (χ1v) is 14.2. The summed E-state index contributed by atoms with van der Waals surface area (Å²) in [6.07, 6.45) is -2.34. The number of anilines is 1. The van der Waals surface area contributed by atoms with E-state index in [1.165, 1.54) is 17.9 Å². The summed E-state index contributed by atoms with van der Waals surface area (Å²) in [6.45, 7) is -1.41. The van der Waals surface area contributed by atoms with Gasteiger partial charge in [-0.1, -0.05) is 6.07 Å². The van der Waals surface area contributed by atoms with E-state index in [4.69, 9.17) is 9.47 Å². The molecule has 1 spiro atoms. The number of rotatable bonds is 7. The number of hydrogen-bond donors (Lipinski definition) is 2. The number of fused-ring (bicyclic) bond motifs is 3. The standard InChI is InChI=1S/C26H25F3N4O6S/c1-38-17-5-3-16(4-6-17)33-23(30-21(34)13-40(2,36)37)22-20(32-33)12-25(31-24(22)35)10-9-15-11-18(7-8-19(15)25)39-14-26(27,28)29/h3-8,11H,9-10,12-14H2,1-2H3,(H,30,34)(H,31,35)/t25-/m0/s1. The second-order valence-electron chi connectivity index (χ2n) is 9.83. The van der Waals surface area contributed by atoms with Crippen LogP contribution in [0.3, 0.4) is 0 Å². The average molecular weight is 579 g/mol. The maximum atomic E-state index is 13.6. The van der Waals surface area contributed by atoms with Gasteiger partial charge in [0.25, 0.3) is 5.91 Å². The van der Waals surface area contributed by atoms with Crippen LogP contribution in [-0.4, -0.2) is 61.9 Å². The zero-order valence-corrected chi connectivity index (χ0v) is 22.3. The number of carbonyl (C=O) groups is 2. The second-order valence-corrected chi connectivity index (χ2v) is 12.0. The van der Waals surface area contributed by atoms with E-state index in [9.17, 15) is 31.2 Å². The van der Waals surface area contributed by atoms with Crippen LogP contribution in [0.1, 0.15) is 33.6 Å². The summed E-state index contributed by atoms with van der Waals surface area (Å²) in [6, 6.07) is 11.3. The molecule has 2 aliphatic rings. The molecule has 3 aromatic rings. The van der Waals surface area contributed by atoms with Gasteiger partial charge in [-0.25, -0.2) is 13.1 Å². The van der Waals surface area contributed by atoms with Crippen LogP contribution in [0.2, 0.25) is 0 Å². The molecule has 14 heteroatoms. The number of benzene rings is 2. The van der Waals surface area contributed by atoms with Gasteiger partial charge in [0.15, 0.2) is 16.4 Å². The van der Waals surface area contributed by atoms with Crippen molar-refractivity contribution in [3.05, 3.63) is 64.8 Å². The highest BCUT2D eigenvalue weighted by atomic mass is 32.2. The minimum absolute atomic E-state index is 0.0234. The van der Waals surface area contributed by atoms with Crippen LogP contribution in [0.4, 0.5) is 19.0 Å². The minimum Gasteiger partial charge on any atom is -0.497 e. The fraction of sp³-hybridized carbons (Fsp3) is 0.346. The second kappa shape index (κ2) is 9.84. The number of nitrogens with zero attached hydrogens (tertiary/aromatic N) is 2. The molecule has 2 N–H and O–H groups in total. The number of sulfone groups is 1. The van der Waals surface area contributed by atoms with Crippen molar-refractivity contribution in [3.63, 3.8) is 0 Å². The SMILES string of the molecule is COc1ccc(-n2nc3c(c2NC(=O)CS(C)(=O)=O)C(=O)N[C@@]2(CCc4cc(OCC(F)(F)F)ccc42)C3)cc1. The lowest BCUT2D eigenvalue weighted by atomic mass is 9.82. The van der Waals surface area contributed by atoms with Gasteiger partial charge in [0.2, 0.25) is 5.91 Å². The Labute approximate surface area is 227 Å². The van der Waals surface area contributed by atoms with E-state index in [2.05, 4.69) is 15.7 Å². The molecule has 0 bridgehead atoms. The highest BCUT2D eigenvalue weighted by Gasteiger charge is 2.47. The van der Waals surface area contributed by atoms with E-state index >= 15 is 0 Å². The maximum Gasteiger partial charge on any atom is 0.422 e. The number of amides is 2. The third-order valence-electron chi connectivity index (χ3n) is 6.79. The van der Waals surface area contributed by atoms with E-state index in [0.717, 1.165) is 17.4 Å². The van der Waals surface area contributed by atoms with Crippen molar-refractivity contribution in [1.82, 2.24) is 15.1 Å². The van der Waals surface area contributed by atoms with Gasteiger partial charge in [-0.05, 0) is 60.4 Å². The first kappa shape index (κ1) is 27.5. The third-order valence-corrected chi connectivity index (χ3v) is 7.58. The number of ether oxygens (including phenoxy) is 2. The van der Waals surface area contributed by atoms with Gasteiger partial charge in [-0.3, -0.25) is 9.59 Å². The minimum atomic E-state index is -4.47. The van der Waals surface area contributed by atoms with E-state index in [1.54, 1.807) is 36.4 Å². The zero-order valence-electron chi connectivity index (χ0n) is 21.5. The predicted molar refractivity (Wildman–Crippen MR) is 138 cm³/mol. The lowest BCUT2D eigenvalue weighted by Crippen LogP contribution is -2.49. The van der Waals surface area contributed by atoms with Crippen LogP contribution in [-0.2, 0) is 33.0 Å². The van der Waals surface area contributed by atoms with Crippen LogP contribution < -0.4 is 20.1 Å². The normalized spacial score (nSPS) is 18.2. The lowest BCUT2D eigenvalue weighted by Gasteiger charge is -2.35. The number of hydrogen-bond acceptors (Lipinski definition) is 7. The van der Waals surface area contributed by atoms with Crippen molar-refractivity contribution in [2.45, 2.75) is 31.0 Å². The fourth-order valence-corrected chi connectivity index (χ4v) is 5.71.